The van der Waals surface area contributed by atoms with Gasteiger partial charge in [0.15, 0.2) is 10.9 Å². The number of esters is 8. The van der Waals surface area contributed by atoms with Gasteiger partial charge in [0, 0.05) is 139 Å². The van der Waals surface area contributed by atoms with Gasteiger partial charge in [-0.3, -0.25) is 14.5 Å². The minimum absolute atomic E-state index is 0.0464. The van der Waals surface area contributed by atoms with E-state index >= 15 is 0 Å². The molecule has 33 nitrogen and oxygen atoms in total. The topological polar surface area (TPSA) is 377 Å². The predicted octanol–water partition coefficient (Wildman–Crippen LogP) is 13.6. The number of unbranched alkanes of at least 4 members (excludes halogenated alkanes) is 1. The molecule has 0 unspecified atom stereocenters. The fraction of sp³-hybridized carbons (Fsp3) is 0.437. The Bertz CT molecular complexity index is 4600. The van der Waals surface area contributed by atoms with Crippen LogP contribution in [0.25, 0.3) is 0 Å². The second-order valence-electron chi connectivity index (χ2n) is 26.0. The van der Waals surface area contributed by atoms with Crippen LogP contribution >= 0.6 is 11.3 Å². The van der Waals surface area contributed by atoms with Crippen LogP contribution in [0.5, 0.6) is 0 Å². The maximum absolute atomic E-state index is 11.9. The van der Waals surface area contributed by atoms with E-state index in [1.807, 2.05) is 125 Å². The Balaban J connectivity index is 0.000000462. The van der Waals surface area contributed by atoms with Crippen molar-refractivity contribution < 1.29 is 85.6 Å². The lowest BCUT2D eigenvalue weighted by Crippen LogP contribution is -2.26. The van der Waals surface area contributed by atoms with Gasteiger partial charge in [-0.25, -0.2) is 43.3 Å². The van der Waals surface area contributed by atoms with Crippen LogP contribution in [0.15, 0.2) is 126 Å². The average Bonchev–Trinajstić information content (AvgIpc) is 1.18. The van der Waals surface area contributed by atoms with Gasteiger partial charge < -0.3 is 92.8 Å². The van der Waals surface area contributed by atoms with Gasteiger partial charge in [-0.1, -0.05) is 68.0 Å². The van der Waals surface area contributed by atoms with E-state index in [2.05, 4.69) is 91.3 Å². The zero-order valence-corrected chi connectivity index (χ0v) is 75.5. The molecule has 662 valence electrons. The highest BCUT2D eigenvalue weighted by molar-refractivity contribution is 7.17. The predicted molar refractivity (Wildman–Crippen MR) is 472 cm³/mol. The fourth-order valence-corrected chi connectivity index (χ4v) is 11.4. The summed E-state index contributed by atoms with van der Waals surface area (Å²) in [5.74, 6) is -1.18. The molecule has 1 aliphatic heterocycles. The highest BCUT2D eigenvalue weighted by Crippen LogP contribution is 2.26. The van der Waals surface area contributed by atoms with Crippen molar-refractivity contribution in [2.75, 3.05) is 163 Å². The van der Waals surface area contributed by atoms with Gasteiger partial charge in [0.05, 0.1) is 93.7 Å². The molecule has 0 spiro atoms. The summed E-state index contributed by atoms with van der Waals surface area (Å²) in [6.45, 7) is 21.8. The number of likely N-dealkylation sites (N-methyl/N-ethyl adjacent to an activating group) is 1. The zero-order chi connectivity index (χ0) is 90.7. The number of benzene rings is 3. The number of hydrogen-bond acceptors (Lipinski definition) is 30. The van der Waals surface area contributed by atoms with Crippen molar-refractivity contribution >= 4 is 98.8 Å². The van der Waals surface area contributed by atoms with E-state index in [1.165, 1.54) is 54.5 Å². The van der Waals surface area contributed by atoms with Crippen molar-refractivity contribution in [2.45, 2.75) is 114 Å². The van der Waals surface area contributed by atoms with Crippen LogP contribution in [0.2, 0.25) is 0 Å². The van der Waals surface area contributed by atoms with Crippen molar-refractivity contribution in [3.63, 3.8) is 0 Å². The van der Waals surface area contributed by atoms with Gasteiger partial charge in [-0.2, -0.15) is 5.10 Å². The number of carbonyl (C=O) groups excluding carboxylic acids is 9. The van der Waals surface area contributed by atoms with Crippen molar-refractivity contribution in [2.24, 2.45) is 14.1 Å². The summed E-state index contributed by atoms with van der Waals surface area (Å²) in [4.78, 5) is 117. The Morgan fingerprint density at radius 1 is 0.521 bits per heavy atom. The first-order valence-electron chi connectivity index (χ1n) is 39.6. The highest BCUT2D eigenvalue weighted by atomic mass is 32.1. The number of fused-ring (bicyclic) bond motifs is 1. The molecule has 0 radical (unpaired) electrons. The molecule has 9 aromatic rings. The van der Waals surface area contributed by atoms with Crippen molar-refractivity contribution in [3.8, 4) is 0 Å². The molecule has 34 heteroatoms. The van der Waals surface area contributed by atoms with E-state index in [9.17, 15) is 43.2 Å². The first-order valence-corrected chi connectivity index (χ1v) is 40.4. The highest BCUT2D eigenvalue weighted by Gasteiger charge is 2.21. The van der Waals surface area contributed by atoms with Gasteiger partial charge in [-0.15, -0.1) is 0 Å². The van der Waals surface area contributed by atoms with Crippen molar-refractivity contribution in [3.05, 3.63) is 200 Å². The Morgan fingerprint density at radius 2 is 1.07 bits per heavy atom. The average molecular weight is 1700 g/mol. The molecule has 7 heterocycles. The number of pyridine rings is 1. The number of aryl methyl sites for hydroxylation is 6. The van der Waals surface area contributed by atoms with E-state index in [0.717, 1.165) is 102 Å². The molecule has 0 fully saturated rings. The summed E-state index contributed by atoms with van der Waals surface area (Å²) in [5, 5.41) is 22.9. The number of anilines is 6. The van der Waals surface area contributed by atoms with Gasteiger partial charge in [0.25, 0.3) is 5.91 Å². The van der Waals surface area contributed by atoms with Crippen LogP contribution in [-0.2, 0) is 90.8 Å². The van der Waals surface area contributed by atoms with Gasteiger partial charge >= 0.3 is 47.8 Å². The molecule has 121 heavy (non-hydrogen) atoms. The second kappa shape index (κ2) is 57.5. The number of nitrogens with one attached hydrogen (secondary N) is 5. The van der Waals surface area contributed by atoms with E-state index in [-0.39, 0.29) is 53.5 Å². The molecule has 6 aromatic heterocycles. The molecule has 5 N–H and O–H groups in total. The number of rotatable bonds is 26. The summed E-state index contributed by atoms with van der Waals surface area (Å²) >= 11 is 1.43. The molecular formula is C87H125N15O18S. The van der Waals surface area contributed by atoms with E-state index < -0.39 is 5.97 Å². The minimum atomic E-state index is -0.494. The Kier molecular flexibility index (Phi) is 49.7. The number of hydrogen-bond donors (Lipinski definition) is 5. The lowest BCUT2D eigenvalue weighted by Gasteiger charge is -2.25. The molecule has 0 saturated heterocycles. The largest absolute Gasteiger partial charge is 0.465 e. The molecule has 0 saturated carbocycles. The first-order chi connectivity index (χ1) is 57.9. The minimum Gasteiger partial charge on any atom is -0.465 e. The van der Waals surface area contributed by atoms with Gasteiger partial charge in [-0.05, 0) is 164 Å². The summed E-state index contributed by atoms with van der Waals surface area (Å²) in [5.41, 5.74) is 12.4. The molecule has 0 aliphatic carbocycles. The normalized spacial score (nSPS) is 10.5. The summed E-state index contributed by atoms with van der Waals surface area (Å²) in [6.07, 6.45) is 11.2. The third-order valence-corrected chi connectivity index (χ3v) is 18.1. The Hall–Kier alpha value is -12.6. The van der Waals surface area contributed by atoms with Crippen LogP contribution in [0.3, 0.4) is 0 Å². The van der Waals surface area contributed by atoms with E-state index in [1.54, 1.807) is 135 Å². The molecule has 0 bridgehead atoms. The monoisotopic (exact) mass is 1700 g/mol. The number of carbonyl (C=O) groups is 9. The molecular weight excluding hydrogens is 1580 g/mol. The summed E-state index contributed by atoms with van der Waals surface area (Å²) < 4.78 is 47.9. The SMILES string of the molecule is CCCCc1nc(NC)sc1C(=O)N(C)C.CCOC(=O)c1cc(NC)nn1C.CCOC(=O)c1cc(NC)no1.CCOC(=O)c1cccc(CC)c1.CCOC(=O)c1cccc(N(C)C)c1.CCOC(=O)c1ccnc(CC)c1.CCn1cc(NC)cc1C(=O)OC.CNc1cc(C(=O)OC)n(C)c1.COC(=O)c1ccc2c(c1)CN(C)CC2. The number of thiazole rings is 1. The number of aromatic nitrogens is 7. The number of methoxy groups -OCH3 is 3. The third-order valence-electron chi connectivity index (χ3n) is 17.0. The van der Waals surface area contributed by atoms with E-state index in [0.29, 0.717) is 84.0 Å². The van der Waals surface area contributed by atoms with E-state index in [4.69, 9.17) is 23.7 Å². The summed E-state index contributed by atoms with van der Waals surface area (Å²) in [6, 6.07) is 30.8. The lowest BCUT2D eigenvalue weighted by molar-refractivity contribution is 0.0475. The molecule has 3 aromatic carbocycles. The third kappa shape index (κ3) is 36.3. The standard InChI is InChI=1S/C12H15NO2.C11H19N3OS.C11H15NO2.C11H14O2.C10H13NO2.C9H14N2O2.C8H13N3O2.C8H12N2O2.C7H10N2O3/c1-13-6-5-9-3-4-10(12(14)15-2)7-11(9)8-13;1-5-6-7-8-9(10(15)14(3)4)16-11(12-2)13-8;1-4-14-11(13)9-6-5-7-10(8-9)12(2)3;1-3-9-6-5-7-10(8-9)11(12)13-4-2;1-3-9-7-8(5-6-11-9)10(12)13-4-2;1-4-11-6-7(10-2)5-8(11)9(12)13-3;1-4-13-8(12)6-5-7(9-2)10-11(6)3;1-9-6-4-7(8(11)12-3)10(2)5-6;1-3-11-7(10)5-4-6(8-2)9-12-5/h3-4,7H,5-6,8H2,1-2H3;5-7H2,1-4H3,(H,12,13);5-8H,4H2,1-3H3;5-8H,3-4H2,1-2H3;5-7H,3-4H2,1-2H3;5-6,10H,4H2,1-3H3;5H,4H2,1-3H3,(H,9,10);4-5,9H,1-3H3;4H,3H2,1-2H3,(H,8,9). The number of ether oxygens (including phenoxy) is 8. The molecule has 0 atom stereocenters. The van der Waals surface area contributed by atoms with Crippen molar-refractivity contribution in [1.29, 1.82) is 0 Å². The fourth-order valence-electron chi connectivity index (χ4n) is 10.4. The van der Waals surface area contributed by atoms with Gasteiger partial charge in [0.1, 0.15) is 27.8 Å². The van der Waals surface area contributed by atoms with Gasteiger partial charge in [0.2, 0.25) is 5.76 Å². The number of amides is 1. The van der Waals surface area contributed by atoms with Crippen LogP contribution in [0, 0.1) is 0 Å². The molecule has 1 amide bonds. The van der Waals surface area contributed by atoms with Crippen LogP contribution in [0.4, 0.5) is 33.8 Å². The Labute approximate surface area is 715 Å². The summed E-state index contributed by atoms with van der Waals surface area (Å²) in [7, 11) is 26.0. The van der Waals surface area contributed by atoms with Crippen LogP contribution in [-0.4, -0.2) is 229 Å². The van der Waals surface area contributed by atoms with Crippen LogP contribution in [0.1, 0.15) is 196 Å². The quantitative estimate of drug-likeness (QED) is 0.0248. The lowest BCUT2D eigenvalue weighted by atomic mass is 9.98. The molecule has 10 rings (SSSR count). The van der Waals surface area contributed by atoms with Crippen molar-refractivity contribution in [1.82, 2.24) is 43.8 Å². The number of nitrogens with zero attached hydrogens (tertiary/aromatic N) is 10. The second-order valence-corrected chi connectivity index (χ2v) is 27.0. The maximum Gasteiger partial charge on any atom is 0.377 e. The first kappa shape index (κ1) is 104. The molecule has 1 aliphatic rings. The van der Waals surface area contributed by atoms with Crippen LogP contribution < -0.4 is 31.5 Å². The Morgan fingerprint density at radius 3 is 1.57 bits per heavy atom. The smallest absolute Gasteiger partial charge is 0.377 e. The zero-order valence-electron chi connectivity index (χ0n) is 74.7. The maximum atomic E-state index is 11.9.